The number of hydrogen-bond acceptors (Lipinski definition) is 4. The lowest BCUT2D eigenvalue weighted by molar-refractivity contribution is 0.0448. The summed E-state index contributed by atoms with van der Waals surface area (Å²) in [5.41, 5.74) is 3.55. The number of benzene rings is 2. The predicted molar refractivity (Wildman–Crippen MR) is 113 cm³/mol. The number of aliphatic hydroxyl groups excluding tert-OH is 1. The van der Waals surface area contributed by atoms with Gasteiger partial charge < -0.3 is 14.9 Å². The van der Waals surface area contributed by atoms with Gasteiger partial charge in [0.15, 0.2) is 0 Å². The number of nitrogens with zero attached hydrogens (tertiary/aromatic N) is 4. The molecule has 0 saturated carbocycles. The molecule has 150 valence electrons. The van der Waals surface area contributed by atoms with Gasteiger partial charge in [0.25, 0.3) is 5.91 Å². The second-order valence-corrected chi connectivity index (χ2v) is 7.47. The van der Waals surface area contributed by atoms with Crippen LogP contribution < -0.4 is 0 Å². The van der Waals surface area contributed by atoms with Gasteiger partial charge in [0.1, 0.15) is 0 Å². The SMILES string of the molecule is CN1CCN(C(=O)c2cccc(-n3nccc3-c3ccccc3)c2)C(CCO)C1. The maximum atomic E-state index is 13.3. The predicted octanol–water partition coefficient (Wildman–Crippen LogP) is 2.68. The fraction of sp³-hybridized carbons (Fsp3) is 0.304. The molecule has 0 aliphatic carbocycles. The van der Waals surface area contributed by atoms with Crippen LogP contribution in [0.4, 0.5) is 0 Å². The van der Waals surface area contributed by atoms with Crippen molar-refractivity contribution in [1.82, 2.24) is 19.6 Å². The molecule has 2 heterocycles. The molecule has 6 nitrogen and oxygen atoms in total. The summed E-state index contributed by atoms with van der Waals surface area (Å²) < 4.78 is 1.86. The number of rotatable bonds is 5. The van der Waals surface area contributed by atoms with Gasteiger partial charge in [-0.3, -0.25) is 4.79 Å². The zero-order chi connectivity index (χ0) is 20.2. The van der Waals surface area contributed by atoms with Gasteiger partial charge in [0.2, 0.25) is 0 Å². The first-order chi connectivity index (χ1) is 14.2. The quantitative estimate of drug-likeness (QED) is 0.728. The molecule has 3 aromatic rings. The maximum Gasteiger partial charge on any atom is 0.254 e. The van der Waals surface area contributed by atoms with Gasteiger partial charge in [-0.05, 0) is 37.7 Å². The number of aromatic nitrogens is 2. The van der Waals surface area contributed by atoms with E-state index < -0.39 is 0 Å². The van der Waals surface area contributed by atoms with Crippen molar-refractivity contribution in [1.29, 1.82) is 0 Å². The van der Waals surface area contributed by atoms with E-state index >= 15 is 0 Å². The molecule has 0 spiro atoms. The molecule has 4 rings (SSSR count). The van der Waals surface area contributed by atoms with Crippen molar-refractivity contribution >= 4 is 5.91 Å². The molecule has 1 amide bonds. The standard InChI is InChI=1S/C23H26N4O2/c1-25-13-14-26(21(17-25)11-15-28)23(29)19-8-5-9-20(16-19)27-22(10-12-24-27)18-6-3-2-4-7-18/h2-10,12,16,21,28H,11,13-15,17H2,1H3. The monoisotopic (exact) mass is 390 g/mol. The Kier molecular flexibility index (Phi) is 5.74. The lowest BCUT2D eigenvalue weighted by Crippen LogP contribution is -2.54. The van der Waals surface area contributed by atoms with Crippen LogP contribution in [0.1, 0.15) is 16.8 Å². The molecule has 1 aromatic heterocycles. The Bertz CT molecular complexity index is 970. The van der Waals surface area contributed by atoms with Crippen molar-refractivity contribution in [3.05, 3.63) is 72.4 Å². The van der Waals surface area contributed by atoms with E-state index in [1.165, 1.54) is 0 Å². The lowest BCUT2D eigenvalue weighted by Gasteiger charge is -2.40. The number of aliphatic hydroxyl groups is 1. The number of carbonyl (C=O) groups is 1. The van der Waals surface area contributed by atoms with E-state index in [0.29, 0.717) is 18.5 Å². The third kappa shape index (κ3) is 4.09. The highest BCUT2D eigenvalue weighted by Crippen LogP contribution is 2.23. The molecule has 1 fully saturated rings. The molecule has 1 atom stereocenters. The molecule has 2 aromatic carbocycles. The van der Waals surface area contributed by atoms with Crippen LogP contribution >= 0.6 is 0 Å². The van der Waals surface area contributed by atoms with Gasteiger partial charge in [-0.15, -0.1) is 0 Å². The van der Waals surface area contributed by atoms with E-state index in [1.807, 2.05) is 70.2 Å². The van der Waals surface area contributed by atoms with Crippen LogP contribution in [0.15, 0.2) is 66.9 Å². The highest BCUT2D eigenvalue weighted by atomic mass is 16.3. The number of likely N-dealkylation sites (N-methyl/N-ethyl adjacent to an activating group) is 1. The van der Waals surface area contributed by atoms with Crippen LogP contribution in [0.25, 0.3) is 16.9 Å². The maximum absolute atomic E-state index is 13.3. The molecule has 1 unspecified atom stereocenters. The van der Waals surface area contributed by atoms with Gasteiger partial charge >= 0.3 is 0 Å². The third-order valence-electron chi connectivity index (χ3n) is 5.46. The molecule has 29 heavy (non-hydrogen) atoms. The van der Waals surface area contributed by atoms with Crippen LogP contribution in [-0.2, 0) is 0 Å². The Morgan fingerprint density at radius 3 is 2.72 bits per heavy atom. The van der Waals surface area contributed by atoms with Gasteiger partial charge in [-0.25, -0.2) is 4.68 Å². The smallest absolute Gasteiger partial charge is 0.254 e. The minimum atomic E-state index is 0.00631. The highest BCUT2D eigenvalue weighted by molar-refractivity contribution is 5.95. The molecule has 1 N–H and O–H groups in total. The van der Waals surface area contributed by atoms with Crippen molar-refractivity contribution in [2.24, 2.45) is 0 Å². The second kappa shape index (κ2) is 8.59. The Morgan fingerprint density at radius 1 is 1.10 bits per heavy atom. The summed E-state index contributed by atoms with van der Waals surface area (Å²) >= 11 is 0. The summed E-state index contributed by atoms with van der Waals surface area (Å²) in [5, 5.41) is 13.9. The molecule has 6 heteroatoms. The van der Waals surface area contributed by atoms with Gasteiger partial charge in [-0.1, -0.05) is 36.4 Å². The Hall–Kier alpha value is -2.96. The summed E-state index contributed by atoms with van der Waals surface area (Å²) in [6.45, 7) is 2.37. The molecule has 0 radical (unpaired) electrons. The topological polar surface area (TPSA) is 61.6 Å². The fourth-order valence-electron chi connectivity index (χ4n) is 3.95. The van der Waals surface area contributed by atoms with Gasteiger partial charge in [0.05, 0.1) is 17.6 Å². The summed E-state index contributed by atoms with van der Waals surface area (Å²) in [6, 6.07) is 19.7. The molecule has 1 aliphatic heterocycles. The first-order valence-corrected chi connectivity index (χ1v) is 9.97. The lowest BCUT2D eigenvalue weighted by atomic mass is 10.1. The van der Waals surface area contributed by atoms with E-state index in [2.05, 4.69) is 17.0 Å². The molecule has 1 aliphatic rings. The van der Waals surface area contributed by atoms with Crippen molar-refractivity contribution in [3.8, 4) is 16.9 Å². The Labute approximate surface area is 171 Å². The van der Waals surface area contributed by atoms with Crippen molar-refractivity contribution in [2.45, 2.75) is 12.5 Å². The van der Waals surface area contributed by atoms with Crippen LogP contribution in [-0.4, -0.2) is 69.9 Å². The number of amides is 1. The Balaban J connectivity index is 1.63. The van der Waals surface area contributed by atoms with Crippen molar-refractivity contribution in [3.63, 3.8) is 0 Å². The summed E-state index contributed by atoms with van der Waals surface area (Å²) in [4.78, 5) is 17.4. The van der Waals surface area contributed by atoms with E-state index in [1.54, 1.807) is 6.20 Å². The highest BCUT2D eigenvalue weighted by Gasteiger charge is 2.29. The minimum absolute atomic E-state index is 0.00631. The molecule has 1 saturated heterocycles. The van der Waals surface area contributed by atoms with E-state index in [0.717, 1.165) is 30.0 Å². The fourth-order valence-corrected chi connectivity index (χ4v) is 3.95. The number of hydrogen-bond donors (Lipinski definition) is 1. The first kappa shape index (κ1) is 19.4. The average Bonchev–Trinajstić information content (AvgIpc) is 3.24. The third-order valence-corrected chi connectivity index (χ3v) is 5.46. The summed E-state index contributed by atoms with van der Waals surface area (Å²) in [5.74, 6) is 0.00631. The Morgan fingerprint density at radius 2 is 1.93 bits per heavy atom. The van der Waals surface area contributed by atoms with E-state index in [9.17, 15) is 9.90 Å². The zero-order valence-electron chi connectivity index (χ0n) is 16.6. The number of piperazine rings is 1. The molecular weight excluding hydrogens is 364 g/mol. The molecular formula is C23H26N4O2. The van der Waals surface area contributed by atoms with Gasteiger partial charge in [-0.2, -0.15) is 5.10 Å². The first-order valence-electron chi connectivity index (χ1n) is 9.97. The van der Waals surface area contributed by atoms with Crippen molar-refractivity contribution < 1.29 is 9.90 Å². The van der Waals surface area contributed by atoms with Crippen LogP contribution in [0.3, 0.4) is 0 Å². The van der Waals surface area contributed by atoms with Crippen LogP contribution in [0.2, 0.25) is 0 Å². The minimum Gasteiger partial charge on any atom is -0.396 e. The largest absolute Gasteiger partial charge is 0.396 e. The zero-order valence-corrected chi connectivity index (χ0v) is 16.6. The van der Waals surface area contributed by atoms with Crippen molar-refractivity contribution in [2.75, 3.05) is 33.3 Å². The summed E-state index contributed by atoms with van der Waals surface area (Å²) in [6.07, 6.45) is 2.36. The number of carbonyl (C=O) groups excluding carboxylic acids is 1. The van der Waals surface area contributed by atoms with Crippen LogP contribution in [0.5, 0.6) is 0 Å². The average molecular weight is 390 g/mol. The summed E-state index contributed by atoms with van der Waals surface area (Å²) in [7, 11) is 2.05. The van der Waals surface area contributed by atoms with Crippen LogP contribution in [0, 0.1) is 0 Å². The molecule has 0 bridgehead atoms. The van der Waals surface area contributed by atoms with E-state index in [4.69, 9.17) is 0 Å². The van der Waals surface area contributed by atoms with Gasteiger partial charge in [0, 0.05) is 43.4 Å². The normalized spacial score (nSPS) is 17.4. The van der Waals surface area contributed by atoms with E-state index in [-0.39, 0.29) is 18.6 Å². The second-order valence-electron chi connectivity index (χ2n) is 7.47.